The molecule has 3 saturated carbocycles. The fourth-order valence-corrected chi connectivity index (χ4v) is 6.96. The fraction of sp³-hybridized carbons (Fsp3) is 0.789. The average molecular weight is 256 g/mol. The molecule has 4 aliphatic carbocycles. The summed E-state index contributed by atoms with van der Waals surface area (Å²) in [5.41, 5.74) is 4.87. The van der Waals surface area contributed by atoms with E-state index in [-0.39, 0.29) is 0 Å². The maximum Gasteiger partial charge on any atom is 0.00996 e. The second kappa shape index (κ2) is 3.57. The van der Waals surface area contributed by atoms with Crippen LogP contribution in [0.4, 0.5) is 0 Å². The maximum atomic E-state index is 4.26. The lowest BCUT2D eigenvalue weighted by Gasteiger charge is -2.46. The van der Waals surface area contributed by atoms with E-state index in [1.54, 1.807) is 0 Å². The van der Waals surface area contributed by atoms with Crippen LogP contribution in [0, 0.1) is 34.5 Å². The van der Waals surface area contributed by atoms with Crippen LogP contribution in [0.25, 0.3) is 0 Å². The van der Waals surface area contributed by atoms with Crippen molar-refractivity contribution in [3.63, 3.8) is 0 Å². The molecule has 0 aromatic heterocycles. The molecule has 0 nitrogen and oxygen atoms in total. The van der Waals surface area contributed by atoms with Crippen LogP contribution in [-0.2, 0) is 0 Å². The van der Waals surface area contributed by atoms with Crippen LogP contribution in [0.3, 0.4) is 0 Å². The topological polar surface area (TPSA) is 0 Å². The second-order valence-electron chi connectivity index (χ2n) is 7.96. The van der Waals surface area contributed by atoms with Gasteiger partial charge in [-0.1, -0.05) is 44.4 Å². The molecule has 3 fully saturated rings. The van der Waals surface area contributed by atoms with Crippen molar-refractivity contribution in [1.82, 2.24) is 0 Å². The average Bonchev–Trinajstić information content (AvgIpc) is 3.12. The van der Waals surface area contributed by atoms with Crippen molar-refractivity contribution < 1.29 is 0 Å². The lowest BCUT2D eigenvalue weighted by Crippen LogP contribution is -2.39. The monoisotopic (exact) mass is 256 g/mol. The van der Waals surface area contributed by atoms with Gasteiger partial charge in [-0.25, -0.2) is 0 Å². The fourth-order valence-electron chi connectivity index (χ4n) is 6.96. The van der Waals surface area contributed by atoms with Crippen molar-refractivity contribution in [3.8, 4) is 0 Å². The van der Waals surface area contributed by atoms with E-state index in [4.69, 9.17) is 0 Å². The first-order chi connectivity index (χ1) is 9.12. The summed E-state index contributed by atoms with van der Waals surface area (Å²) in [6.45, 7) is 11.6. The summed E-state index contributed by atoms with van der Waals surface area (Å²) >= 11 is 0. The van der Waals surface area contributed by atoms with Crippen molar-refractivity contribution in [2.24, 2.45) is 34.5 Å². The van der Waals surface area contributed by atoms with E-state index < -0.39 is 0 Å². The highest BCUT2D eigenvalue weighted by atomic mass is 14.7. The Morgan fingerprint density at radius 1 is 1.32 bits per heavy atom. The first-order valence-electron chi connectivity index (χ1n) is 8.48. The first kappa shape index (κ1) is 12.2. The van der Waals surface area contributed by atoms with Gasteiger partial charge in [0.25, 0.3) is 0 Å². The van der Waals surface area contributed by atoms with Gasteiger partial charge in [-0.3, -0.25) is 0 Å². The highest BCUT2D eigenvalue weighted by Crippen LogP contribution is 2.77. The minimum Gasteiger partial charge on any atom is -0.102 e. The smallest absolute Gasteiger partial charge is 0.00996 e. The van der Waals surface area contributed by atoms with E-state index in [1.807, 2.05) is 11.1 Å². The quantitative estimate of drug-likeness (QED) is 0.596. The highest BCUT2D eigenvalue weighted by Gasteiger charge is 2.68. The second-order valence-corrected chi connectivity index (χ2v) is 7.96. The van der Waals surface area contributed by atoms with Crippen LogP contribution in [0.2, 0.25) is 0 Å². The van der Waals surface area contributed by atoms with Gasteiger partial charge in [0, 0.05) is 5.41 Å². The van der Waals surface area contributed by atoms with Crippen molar-refractivity contribution >= 4 is 0 Å². The highest BCUT2D eigenvalue weighted by molar-refractivity contribution is 5.47. The Hall–Kier alpha value is -0.520. The summed E-state index contributed by atoms with van der Waals surface area (Å²) in [6, 6.07) is 0. The van der Waals surface area contributed by atoms with Crippen LogP contribution < -0.4 is 0 Å². The summed E-state index contributed by atoms with van der Waals surface area (Å²) in [5, 5.41) is 0. The maximum absolute atomic E-state index is 4.26. The summed E-state index contributed by atoms with van der Waals surface area (Å²) in [6.07, 6.45) is 10.8. The molecule has 0 aliphatic heterocycles. The zero-order valence-corrected chi connectivity index (χ0v) is 12.8. The standard InChI is InChI=1S/C19H28/c1-5-13-9-18(6-2)11-15(13)17-16(18)14-8-12(4)19(17,7-3)10-14/h6,12-13,15,17H,2,5,7-11H2,1,3-4H3/t12?,13-,15?,17?,18?,19?/m0/s1. The Morgan fingerprint density at radius 2 is 2.11 bits per heavy atom. The molecule has 0 heterocycles. The molecule has 104 valence electrons. The number of hydrogen-bond acceptors (Lipinski definition) is 0. The summed E-state index contributed by atoms with van der Waals surface area (Å²) in [7, 11) is 0. The lowest BCUT2D eigenvalue weighted by atomic mass is 9.58. The zero-order chi connectivity index (χ0) is 13.4. The van der Waals surface area contributed by atoms with Gasteiger partial charge >= 0.3 is 0 Å². The molecule has 0 saturated heterocycles. The van der Waals surface area contributed by atoms with Crippen LogP contribution in [-0.4, -0.2) is 0 Å². The largest absolute Gasteiger partial charge is 0.102 e. The van der Waals surface area contributed by atoms with Crippen LogP contribution in [0.1, 0.15) is 59.3 Å². The number of fused-ring (bicyclic) bond motifs is 8. The Morgan fingerprint density at radius 3 is 2.74 bits per heavy atom. The van der Waals surface area contributed by atoms with Gasteiger partial charge in [0.1, 0.15) is 0 Å². The summed E-state index contributed by atoms with van der Waals surface area (Å²) in [4.78, 5) is 0. The summed E-state index contributed by atoms with van der Waals surface area (Å²) in [5.74, 6) is 3.83. The summed E-state index contributed by atoms with van der Waals surface area (Å²) < 4.78 is 0. The lowest BCUT2D eigenvalue weighted by molar-refractivity contribution is 0.0714. The molecule has 5 unspecified atom stereocenters. The molecule has 4 aliphatic rings. The van der Waals surface area contributed by atoms with Crippen LogP contribution in [0.15, 0.2) is 23.8 Å². The molecule has 6 atom stereocenters. The normalized spacial score (nSPS) is 54.1. The van der Waals surface area contributed by atoms with E-state index in [0.29, 0.717) is 10.8 Å². The van der Waals surface area contributed by atoms with Gasteiger partial charge in [-0.15, -0.1) is 6.58 Å². The third-order valence-electron chi connectivity index (χ3n) is 7.76. The zero-order valence-electron chi connectivity index (χ0n) is 12.8. The molecule has 0 heteroatoms. The van der Waals surface area contributed by atoms with Gasteiger partial charge < -0.3 is 0 Å². The molecule has 0 N–H and O–H groups in total. The number of rotatable bonds is 3. The van der Waals surface area contributed by atoms with Gasteiger partial charge in [-0.2, -0.15) is 0 Å². The van der Waals surface area contributed by atoms with E-state index in [1.165, 1.54) is 38.5 Å². The van der Waals surface area contributed by atoms with Crippen molar-refractivity contribution in [2.45, 2.75) is 59.3 Å². The molecule has 19 heavy (non-hydrogen) atoms. The Labute approximate surface area is 118 Å². The van der Waals surface area contributed by atoms with Gasteiger partial charge in [0.2, 0.25) is 0 Å². The predicted octanol–water partition coefficient (Wildman–Crippen LogP) is 5.36. The van der Waals surface area contributed by atoms with Gasteiger partial charge in [0.05, 0.1) is 0 Å². The third kappa shape index (κ3) is 1.15. The van der Waals surface area contributed by atoms with E-state index >= 15 is 0 Å². The number of allylic oxidation sites excluding steroid dienone is 3. The minimum absolute atomic E-state index is 0.433. The molecule has 4 bridgehead atoms. The Balaban J connectivity index is 1.87. The SMILES string of the molecule is C=CC12CC(C3C1=C1CC(C)C3(CC)C1)[C@@H](CC)C2. The Kier molecular flexibility index (Phi) is 2.30. The molecule has 4 rings (SSSR count). The molecule has 0 radical (unpaired) electrons. The molecule has 0 aromatic carbocycles. The van der Waals surface area contributed by atoms with Crippen LogP contribution in [0.5, 0.6) is 0 Å². The van der Waals surface area contributed by atoms with E-state index in [0.717, 1.165) is 23.7 Å². The van der Waals surface area contributed by atoms with Gasteiger partial charge in [0.15, 0.2) is 0 Å². The molecular formula is C19H28. The molecule has 0 spiro atoms. The Bertz CT molecular complexity index is 470. The van der Waals surface area contributed by atoms with Crippen LogP contribution >= 0.6 is 0 Å². The molecule has 0 aromatic rings. The van der Waals surface area contributed by atoms with Crippen molar-refractivity contribution in [1.29, 1.82) is 0 Å². The number of hydrogen-bond donors (Lipinski definition) is 0. The third-order valence-corrected chi connectivity index (χ3v) is 7.76. The van der Waals surface area contributed by atoms with E-state index in [9.17, 15) is 0 Å². The molecule has 0 amide bonds. The molecular weight excluding hydrogens is 228 g/mol. The van der Waals surface area contributed by atoms with Crippen molar-refractivity contribution in [3.05, 3.63) is 23.8 Å². The van der Waals surface area contributed by atoms with E-state index in [2.05, 4.69) is 33.4 Å². The van der Waals surface area contributed by atoms with Crippen molar-refractivity contribution in [2.75, 3.05) is 0 Å². The van der Waals surface area contributed by atoms with Gasteiger partial charge in [-0.05, 0) is 61.2 Å². The first-order valence-corrected chi connectivity index (χ1v) is 8.48. The minimum atomic E-state index is 0.433. The predicted molar refractivity (Wildman–Crippen MR) is 80.8 cm³/mol.